The fourth-order valence-electron chi connectivity index (χ4n) is 0.659. The maximum Gasteiger partial charge on any atom is 0.328 e. The number of ether oxygens (including phenoxy) is 1. The molecule has 0 radical (unpaired) electrons. The van der Waals surface area contributed by atoms with Crippen molar-refractivity contribution >= 4 is 28.9 Å². The van der Waals surface area contributed by atoms with Gasteiger partial charge in [-0.05, 0) is 22.4 Å². The zero-order valence-electron chi connectivity index (χ0n) is 5.91. The van der Waals surface area contributed by atoms with E-state index in [0.717, 1.165) is 5.56 Å². The van der Waals surface area contributed by atoms with Crippen LogP contribution in [0.15, 0.2) is 16.8 Å². The van der Waals surface area contributed by atoms with Crippen LogP contribution in [-0.2, 0) is 9.53 Å². The number of halogens is 1. The van der Waals surface area contributed by atoms with E-state index in [9.17, 15) is 4.79 Å². The summed E-state index contributed by atoms with van der Waals surface area (Å²) in [6.07, 6.45) is 0. The zero-order chi connectivity index (χ0) is 8.27. The Balaban J connectivity index is 2.70. The third kappa shape index (κ3) is 1.94. The molecule has 1 aromatic heterocycles. The third-order valence-electron chi connectivity index (χ3n) is 1.24. The Hall–Kier alpha value is -0.540. The van der Waals surface area contributed by atoms with Gasteiger partial charge in [0.15, 0.2) is 5.38 Å². The third-order valence-corrected chi connectivity index (χ3v) is 2.38. The van der Waals surface area contributed by atoms with E-state index in [1.54, 1.807) is 6.07 Å². The van der Waals surface area contributed by atoms with E-state index in [1.165, 1.54) is 18.4 Å². The van der Waals surface area contributed by atoms with Crippen LogP contribution in [0.3, 0.4) is 0 Å². The minimum Gasteiger partial charge on any atom is -0.468 e. The molecule has 4 heteroatoms. The summed E-state index contributed by atoms with van der Waals surface area (Å²) in [6.45, 7) is 0. The largest absolute Gasteiger partial charge is 0.468 e. The van der Waals surface area contributed by atoms with Gasteiger partial charge in [0.05, 0.1) is 7.11 Å². The molecule has 0 saturated heterocycles. The van der Waals surface area contributed by atoms with Gasteiger partial charge in [-0.3, -0.25) is 4.79 Å². The molecule has 2 nitrogen and oxygen atoms in total. The first-order valence-electron chi connectivity index (χ1n) is 2.99. The lowest BCUT2D eigenvalue weighted by Gasteiger charge is -2.03. The molecule has 0 spiro atoms. The van der Waals surface area contributed by atoms with E-state index in [4.69, 9.17) is 11.6 Å². The summed E-state index contributed by atoms with van der Waals surface area (Å²) in [6, 6.07) is 1.80. The van der Waals surface area contributed by atoms with Crippen molar-refractivity contribution in [3.05, 3.63) is 22.4 Å². The highest BCUT2D eigenvalue weighted by Crippen LogP contribution is 2.23. The van der Waals surface area contributed by atoms with E-state index in [-0.39, 0.29) is 0 Å². The molecule has 0 aliphatic carbocycles. The van der Waals surface area contributed by atoms with Gasteiger partial charge in [-0.15, -0.1) is 11.6 Å². The van der Waals surface area contributed by atoms with Crippen molar-refractivity contribution in [1.82, 2.24) is 0 Å². The van der Waals surface area contributed by atoms with Crippen LogP contribution in [0.2, 0.25) is 0 Å². The van der Waals surface area contributed by atoms with E-state index in [1.807, 2.05) is 10.8 Å². The standard InChI is InChI=1S/C7H7ClO2S/c1-10-7(9)6(8)5-2-3-11-4-5/h2-4,6H,1H3/t6-/m0/s1. The highest BCUT2D eigenvalue weighted by atomic mass is 35.5. The summed E-state index contributed by atoms with van der Waals surface area (Å²) in [7, 11) is 1.32. The van der Waals surface area contributed by atoms with E-state index in [0.29, 0.717) is 0 Å². The summed E-state index contributed by atoms with van der Waals surface area (Å²) in [5.74, 6) is -0.412. The van der Waals surface area contributed by atoms with Gasteiger partial charge in [0.1, 0.15) is 0 Å². The summed E-state index contributed by atoms with van der Waals surface area (Å²) >= 11 is 7.23. The predicted octanol–water partition coefficient (Wildman–Crippen LogP) is 2.20. The number of thiophene rings is 1. The highest BCUT2D eigenvalue weighted by molar-refractivity contribution is 7.08. The van der Waals surface area contributed by atoms with Crippen molar-refractivity contribution in [3.63, 3.8) is 0 Å². The fourth-order valence-corrected chi connectivity index (χ4v) is 1.64. The van der Waals surface area contributed by atoms with E-state index >= 15 is 0 Å². The summed E-state index contributed by atoms with van der Waals surface area (Å²) < 4.78 is 4.47. The highest BCUT2D eigenvalue weighted by Gasteiger charge is 2.17. The number of esters is 1. The van der Waals surface area contributed by atoms with Crippen LogP contribution in [0.25, 0.3) is 0 Å². The molecule has 0 saturated carbocycles. The smallest absolute Gasteiger partial charge is 0.328 e. The number of alkyl halides is 1. The Labute approximate surface area is 73.7 Å². The van der Waals surface area contributed by atoms with Gasteiger partial charge in [0, 0.05) is 0 Å². The lowest BCUT2D eigenvalue weighted by atomic mass is 10.2. The molecule has 0 aromatic carbocycles. The molecule has 0 aliphatic rings. The Kier molecular flexibility index (Phi) is 2.91. The second-order valence-electron chi connectivity index (χ2n) is 1.94. The average molecular weight is 191 g/mol. The second kappa shape index (κ2) is 3.74. The minimum absolute atomic E-state index is 0.412. The number of methoxy groups -OCH3 is 1. The maximum atomic E-state index is 10.9. The number of hydrogen-bond donors (Lipinski definition) is 0. The van der Waals surface area contributed by atoms with Gasteiger partial charge in [-0.2, -0.15) is 11.3 Å². The number of rotatable bonds is 2. The molecule has 1 rings (SSSR count). The normalized spacial score (nSPS) is 12.5. The first-order chi connectivity index (χ1) is 5.25. The van der Waals surface area contributed by atoms with Crippen LogP contribution in [0.5, 0.6) is 0 Å². The van der Waals surface area contributed by atoms with Crippen molar-refractivity contribution < 1.29 is 9.53 Å². The van der Waals surface area contributed by atoms with Crippen LogP contribution in [-0.4, -0.2) is 13.1 Å². The maximum absolute atomic E-state index is 10.9. The molecule has 60 valence electrons. The molecule has 0 amide bonds. The summed E-state index contributed by atoms with van der Waals surface area (Å²) in [4.78, 5) is 10.9. The monoisotopic (exact) mass is 190 g/mol. The number of carbonyl (C=O) groups is 1. The van der Waals surface area contributed by atoms with E-state index < -0.39 is 11.3 Å². The Morgan fingerprint density at radius 1 is 1.82 bits per heavy atom. The molecule has 1 atom stereocenters. The Morgan fingerprint density at radius 2 is 2.55 bits per heavy atom. The van der Waals surface area contributed by atoms with Gasteiger partial charge in [0.2, 0.25) is 0 Å². The zero-order valence-corrected chi connectivity index (χ0v) is 7.48. The average Bonchev–Trinajstić information content (AvgIpc) is 2.53. The predicted molar refractivity (Wildman–Crippen MR) is 44.9 cm³/mol. The SMILES string of the molecule is COC(=O)[C@@H](Cl)c1ccsc1. The molecule has 0 fully saturated rings. The van der Waals surface area contributed by atoms with Crippen LogP contribution < -0.4 is 0 Å². The fraction of sp³-hybridized carbons (Fsp3) is 0.286. The lowest BCUT2D eigenvalue weighted by molar-refractivity contribution is -0.140. The molecule has 0 aliphatic heterocycles. The molecule has 1 aromatic rings. The topological polar surface area (TPSA) is 26.3 Å². The first kappa shape index (κ1) is 8.56. The van der Waals surface area contributed by atoms with Crippen LogP contribution in [0.4, 0.5) is 0 Å². The van der Waals surface area contributed by atoms with Crippen LogP contribution in [0.1, 0.15) is 10.9 Å². The minimum atomic E-state index is -0.661. The first-order valence-corrected chi connectivity index (χ1v) is 4.37. The van der Waals surface area contributed by atoms with Crippen molar-refractivity contribution in [3.8, 4) is 0 Å². The molecular formula is C7H7ClO2S. The molecule has 0 unspecified atom stereocenters. The molecule has 1 heterocycles. The molecule has 11 heavy (non-hydrogen) atoms. The molecule has 0 bridgehead atoms. The second-order valence-corrected chi connectivity index (χ2v) is 3.16. The van der Waals surface area contributed by atoms with Crippen LogP contribution >= 0.6 is 22.9 Å². The molecule has 0 N–H and O–H groups in total. The van der Waals surface area contributed by atoms with Crippen molar-refractivity contribution in [2.24, 2.45) is 0 Å². The summed E-state index contributed by atoms with van der Waals surface area (Å²) in [5.41, 5.74) is 0.795. The quantitative estimate of drug-likeness (QED) is 0.528. The van der Waals surface area contributed by atoms with Gasteiger partial charge in [-0.25, -0.2) is 0 Å². The van der Waals surface area contributed by atoms with Gasteiger partial charge >= 0.3 is 5.97 Å². The number of hydrogen-bond acceptors (Lipinski definition) is 3. The summed E-state index contributed by atoms with van der Waals surface area (Å²) in [5, 5.41) is 3.04. The van der Waals surface area contributed by atoms with Gasteiger partial charge in [-0.1, -0.05) is 0 Å². The lowest BCUT2D eigenvalue weighted by Crippen LogP contribution is -2.07. The Morgan fingerprint density at radius 3 is 3.00 bits per heavy atom. The molecular weight excluding hydrogens is 184 g/mol. The number of carbonyl (C=O) groups excluding carboxylic acids is 1. The van der Waals surface area contributed by atoms with Crippen molar-refractivity contribution in [2.45, 2.75) is 5.38 Å². The van der Waals surface area contributed by atoms with Gasteiger partial charge < -0.3 is 4.74 Å². The Bertz CT molecular complexity index is 233. The van der Waals surface area contributed by atoms with Crippen molar-refractivity contribution in [2.75, 3.05) is 7.11 Å². The van der Waals surface area contributed by atoms with E-state index in [2.05, 4.69) is 4.74 Å². The van der Waals surface area contributed by atoms with Crippen LogP contribution in [0, 0.1) is 0 Å². The van der Waals surface area contributed by atoms with Crippen molar-refractivity contribution in [1.29, 1.82) is 0 Å². The van der Waals surface area contributed by atoms with Gasteiger partial charge in [0.25, 0.3) is 0 Å².